The Labute approximate surface area is 111 Å². The molecule has 4 nitrogen and oxygen atoms in total. The van der Waals surface area contributed by atoms with Crippen molar-refractivity contribution >= 4 is 29.3 Å². The first-order valence-electron chi connectivity index (χ1n) is 5.79. The molecule has 0 spiro atoms. The molecule has 6 heteroatoms. The summed E-state index contributed by atoms with van der Waals surface area (Å²) in [5, 5.41) is 0.994. The number of aromatic nitrogens is 3. The van der Waals surface area contributed by atoms with Crippen molar-refractivity contribution in [2.24, 2.45) is 0 Å². The van der Waals surface area contributed by atoms with E-state index in [2.05, 4.69) is 40.6 Å². The van der Waals surface area contributed by atoms with Crippen molar-refractivity contribution < 1.29 is 0 Å². The average Bonchev–Trinajstić information content (AvgIpc) is 2.65. The molecular formula is C11H17ClN4S. The molecule has 1 saturated heterocycles. The van der Waals surface area contributed by atoms with Crippen molar-refractivity contribution in [3.8, 4) is 0 Å². The van der Waals surface area contributed by atoms with Crippen LogP contribution in [0.15, 0.2) is 5.16 Å². The van der Waals surface area contributed by atoms with Crippen LogP contribution >= 0.6 is 23.4 Å². The van der Waals surface area contributed by atoms with Crippen LogP contribution in [-0.2, 0) is 0 Å². The van der Waals surface area contributed by atoms with Crippen LogP contribution in [0.1, 0.15) is 33.6 Å². The van der Waals surface area contributed by atoms with E-state index in [-0.39, 0.29) is 10.0 Å². The SMILES string of the molecule is CC(C)(C)Sc1nc(Cl)nc(N2CCCC2)n1. The highest BCUT2D eigenvalue weighted by Crippen LogP contribution is 2.30. The number of hydrogen-bond donors (Lipinski definition) is 0. The van der Waals surface area contributed by atoms with Gasteiger partial charge in [0.05, 0.1) is 0 Å². The molecule has 2 heterocycles. The number of rotatable bonds is 2. The molecule has 0 unspecified atom stereocenters. The Kier molecular flexibility index (Phi) is 3.78. The van der Waals surface area contributed by atoms with Crippen LogP contribution in [0.5, 0.6) is 0 Å². The summed E-state index contributed by atoms with van der Waals surface area (Å²) in [6.45, 7) is 8.42. The summed E-state index contributed by atoms with van der Waals surface area (Å²) in [6, 6.07) is 0. The molecule has 1 aliphatic heterocycles. The highest BCUT2D eigenvalue weighted by Gasteiger charge is 2.20. The number of nitrogens with zero attached hydrogens (tertiary/aromatic N) is 4. The molecule has 0 bridgehead atoms. The van der Waals surface area contributed by atoms with Crippen molar-refractivity contribution in [3.05, 3.63) is 5.28 Å². The Morgan fingerprint density at radius 2 is 1.76 bits per heavy atom. The number of thioether (sulfide) groups is 1. The highest BCUT2D eigenvalue weighted by atomic mass is 35.5. The number of hydrogen-bond acceptors (Lipinski definition) is 5. The van der Waals surface area contributed by atoms with E-state index in [1.54, 1.807) is 11.8 Å². The van der Waals surface area contributed by atoms with E-state index in [4.69, 9.17) is 11.6 Å². The summed E-state index contributed by atoms with van der Waals surface area (Å²) in [5.74, 6) is 0.717. The van der Waals surface area contributed by atoms with Gasteiger partial charge in [-0.1, -0.05) is 32.5 Å². The molecule has 2 rings (SSSR count). The van der Waals surface area contributed by atoms with E-state index in [9.17, 15) is 0 Å². The Hall–Kier alpha value is -0.550. The Bertz CT molecular complexity index is 399. The van der Waals surface area contributed by atoms with Gasteiger partial charge in [0.25, 0.3) is 0 Å². The Morgan fingerprint density at radius 3 is 2.35 bits per heavy atom. The second-order valence-corrected chi connectivity index (χ2v) is 7.23. The summed E-state index contributed by atoms with van der Waals surface area (Å²) in [5.41, 5.74) is 0. The molecule has 0 aliphatic carbocycles. The quantitative estimate of drug-likeness (QED) is 0.774. The molecule has 17 heavy (non-hydrogen) atoms. The molecule has 1 aliphatic rings. The fourth-order valence-electron chi connectivity index (χ4n) is 1.70. The fraction of sp³-hybridized carbons (Fsp3) is 0.727. The van der Waals surface area contributed by atoms with E-state index in [0.29, 0.717) is 11.1 Å². The van der Waals surface area contributed by atoms with E-state index in [0.717, 1.165) is 13.1 Å². The molecule has 0 aromatic carbocycles. The zero-order chi connectivity index (χ0) is 12.5. The monoisotopic (exact) mass is 272 g/mol. The maximum Gasteiger partial charge on any atom is 0.230 e. The van der Waals surface area contributed by atoms with Crippen LogP contribution < -0.4 is 4.90 Å². The van der Waals surface area contributed by atoms with Gasteiger partial charge in [-0.25, -0.2) is 0 Å². The van der Waals surface area contributed by atoms with Gasteiger partial charge in [0.2, 0.25) is 11.2 Å². The normalized spacial score (nSPS) is 16.6. The van der Waals surface area contributed by atoms with Gasteiger partial charge in [-0.05, 0) is 24.4 Å². The lowest BCUT2D eigenvalue weighted by Gasteiger charge is -2.18. The standard InChI is InChI=1S/C11H17ClN4S/c1-11(2,3)17-10-14-8(12)13-9(15-10)16-6-4-5-7-16/h4-7H2,1-3H3. The predicted octanol–water partition coefficient (Wildman–Crippen LogP) is 3.02. The lowest BCUT2D eigenvalue weighted by molar-refractivity contribution is 0.778. The van der Waals surface area contributed by atoms with E-state index < -0.39 is 0 Å². The first-order valence-corrected chi connectivity index (χ1v) is 6.99. The van der Waals surface area contributed by atoms with Crippen LogP contribution in [-0.4, -0.2) is 32.8 Å². The number of halogens is 1. The maximum atomic E-state index is 5.96. The molecule has 0 saturated carbocycles. The van der Waals surface area contributed by atoms with Gasteiger partial charge in [-0.2, -0.15) is 15.0 Å². The summed E-state index contributed by atoms with van der Waals surface area (Å²) >= 11 is 7.57. The van der Waals surface area contributed by atoms with Crippen LogP contribution in [0.3, 0.4) is 0 Å². The second-order valence-electron chi connectivity index (χ2n) is 5.10. The van der Waals surface area contributed by atoms with Gasteiger partial charge in [-0.15, -0.1) is 0 Å². The molecule has 1 fully saturated rings. The van der Waals surface area contributed by atoms with Crippen molar-refractivity contribution in [2.45, 2.75) is 43.5 Å². The topological polar surface area (TPSA) is 41.9 Å². The number of anilines is 1. The van der Waals surface area contributed by atoms with Crippen LogP contribution in [0.25, 0.3) is 0 Å². The first kappa shape index (κ1) is 12.9. The zero-order valence-corrected chi connectivity index (χ0v) is 12.0. The van der Waals surface area contributed by atoms with Gasteiger partial charge < -0.3 is 4.90 Å². The van der Waals surface area contributed by atoms with Crippen molar-refractivity contribution in [2.75, 3.05) is 18.0 Å². The molecule has 94 valence electrons. The van der Waals surface area contributed by atoms with Crippen LogP contribution in [0.2, 0.25) is 5.28 Å². The third-order valence-corrected chi connectivity index (χ3v) is 3.51. The summed E-state index contributed by atoms with van der Waals surface area (Å²) in [6.07, 6.45) is 2.40. The van der Waals surface area contributed by atoms with Crippen LogP contribution in [0.4, 0.5) is 5.95 Å². The molecule has 0 N–H and O–H groups in total. The van der Waals surface area contributed by atoms with Gasteiger partial charge in [0, 0.05) is 17.8 Å². The first-order chi connectivity index (χ1) is 7.94. The van der Waals surface area contributed by atoms with Crippen molar-refractivity contribution in [3.63, 3.8) is 0 Å². The minimum absolute atomic E-state index is 0.0764. The van der Waals surface area contributed by atoms with Gasteiger partial charge in [0.1, 0.15) is 0 Å². The van der Waals surface area contributed by atoms with E-state index in [1.807, 2.05) is 0 Å². The minimum Gasteiger partial charge on any atom is -0.341 e. The molecular weight excluding hydrogens is 256 g/mol. The summed E-state index contributed by atoms with van der Waals surface area (Å²) in [4.78, 5) is 15.0. The predicted molar refractivity (Wildman–Crippen MR) is 71.9 cm³/mol. The van der Waals surface area contributed by atoms with Crippen molar-refractivity contribution in [1.29, 1.82) is 0 Å². The van der Waals surface area contributed by atoms with Crippen molar-refractivity contribution in [1.82, 2.24) is 15.0 Å². The maximum absolute atomic E-state index is 5.96. The molecule has 0 atom stereocenters. The fourth-order valence-corrected chi connectivity index (χ4v) is 2.71. The van der Waals surface area contributed by atoms with Gasteiger partial charge in [-0.3, -0.25) is 0 Å². The third kappa shape index (κ3) is 3.71. The Balaban J connectivity index is 2.22. The van der Waals surface area contributed by atoms with E-state index >= 15 is 0 Å². The summed E-state index contributed by atoms with van der Waals surface area (Å²) < 4.78 is 0.0764. The molecule has 0 amide bonds. The molecule has 1 aromatic heterocycles. The lowest BCUT2D eigenvalue weighted by atomic mass is 10.3. The molecule has 0 radical (unpaired) electrons. The van der Waals surface area contributed by atoms with Gasteiger partial charge in [0.15, 0.2) is 5.16 Å². The summed E-state index contributed by atoms with van der Waals surface area (Å²) in [7, 11) is 0. The highest BCUT2D eigenvalue weighted by molar-refractivity contribution is 8.00. The van der Waals surface area contributed by atoms with E-state index in [1.165, 1.54) is 12.8 Å². The minimum atomic E-state index is 0.0764. The smallest absolute Gasteiger partial charge is 0.230 e. The zero-order valence-electron chi connectivity index (χ0n) is 10.4. The second kappa shape index (κ2) is 4.98. The third-order valence-electron chi connectivity index (χ3n) is 2.36. The van der Waals surface area contributed by atoms with Crippen LogP contribution in [0, 0.1) is 0 Å². The molecule has 1 aromatic rings. The Morgan fingerprint density at radius 1 is 1.12 bits per heavy atom. The largest absolute Gasteiger partial charge is 0.341 e. The average molecular weight is 273 g/mol. The van der Waals surface area contributed by atoms with Gasteiger partial charge >= 0.3 is 0 Å². The lowest BCUT2D eigenvalue weighted by Crippen LogP contribution is -2.21.